The zero-order valence-electron chi connectivity index (χ0n) is 12.6. The van der Waals surface area contributed by atoms with Crippen LogP contribution in [0.5, 0.6) is 0 Å². The number of benzene rings is 1. The molecule has 4 nitrogen and oxygen atoms in total. The Morgan fingerprint density at radius 2 is 1.86 bits per heavy atom. The first kappa shape index (κ1) is 16.0. The average molecular weight is 290 g/mol. The Bertz CT molecular complexity index is 462. The van der Waals surface area contributed by atoms with E-state index in [0.29, 0.717) is 31.3 Å². The highest BCUT2D eigenvalue weighted by molar-refractivity contribution is 5.78. The third-order valence-corrected chi connectivity index (χ3v) is 4.55. The van der Waals surface area contributed by atoms with Gasteiger partial charge in [-0.25, -0.2) is 0 Å². The Hall–Kier alpha value is -1.39. The van der Waals surface area contributed by atoms with Crippen LogP contribution < -0.4 is 11.1 Å². The van der Waals surface area contributed by atoms with Crippen molar-refractivity contribution in [3.05, 3.63) is 35.4 Å². The minimum absolute atomic E-state index is 0.0400. The molecule has 0 bridgehead atoms. The van der Waals surface area contributed by atoms with E-state index >= 15 is 0 Å². The van der Waals surface area contributed by atoms with Gasteiger partial charge in [-0.15, -0.1) is 0 Å². The lowest BCUT2D eigenvalue weighted by molar-refractivity contribution is -0.120. The van der Waals surface area contributed by atoms with Gasteiger partial charge in [0.15, 0.2) is 0 Å². The fraction of sp³-hybridized carbons (Fsp3) is 0.588. The van der Waals surface area contributed by atoms with Crippen LogP contribution in [0, 0.1) is 11.8 Å². The van der Waals surface area contributed by atoms with Gasteiger partial charge in [-0.3, -0.25) is 4.79 Å². The van der Waals surface area contributed by atoms with E-state index in [0.717, 1.165) is 24.0 Å². The third-order valence-electron chi connectivity index (χ3n) is 4.55. The molecule has 1 aliphatic rings. The summed E-state index contributed by atoms with van der Waals surface area (Å²) < 4.78 is 0. The number of nitrogens with one attached hydrogen (secondary N) is 1. The Morgan fingerprint density at radius 3 is 2.52 bits per heavy atom. The Morgan fingerprint density at radius 1 is 1.19 bits per heavy atom. The highest BCUT2D eigenvalue weighted by atomic mass is 16.3. The molecule has 0 spiro atoms. The number of carbonyl (C=O) groups is 1. The summed E-state index contributed by atoms with van der Waals surface area (Å²) in [4.78, 5) is 12.1. The molecule has 1 fully saturated rings. The maximum Gasteiger partial charge on any atom is 0.224 e. The smallest absolute Gasteiger partial charge is 0.224 e. The minimum Gasteiger partial charge on any atom is -0.396 e. The first-order valence-corrected chi connectivity index (χ1v) is 7.89. The van der Waals surface area contributed by atoms with E-state index in [9.17, 15) is 9.90 Å². The van der Waals surface area contributed by atoms with Crippen LogP contribution in [0.2, 0.25) is 0 Å². The van der Waals surface area contributed by atoms with Crippen molar-refractivity contribution < 1.29 is 9.90 Å². The summed E-state index contributed by atoms with van der Waals surface area (Å²) in [6.45, 7) is 1.37. The van der Waals surface area contributed by atoms with Gasteiger partial charge in [0.2, 0.25) is 5.91 Å². The normalized spacial score (nSPS) is 22.0. The number of hydrogen-bond acceptors (Lipinski definition) is 3. The van der Waals surface area contributed by atoms with Crippen LogP contribution in [0.3, 0.4) is 0 Å². The van der Waals surface area contributed by atoms with E-state index in [1.54, 1.807) is 0 Å². The molecular weight excluding hydrogens is 264 g/mol. The van der Waals surface area contributed by atoms with E-state index in [4.69, 9.17) is 5.73 Å². The fourth-order valence-electron chi connectivity index (χ4n) is 3.20. The van der Waals surface area contributed by atoms with E-state index in [1.165, 1.54) is 12.8 Å². The highest BCUT2D eigenvalue weighted by Crippen LogP contribution is 2.29. The summed E-state index contributed by atoms with van der Waals surface area (Å²) in [7, 11) is 0. The molecule has 21 heavy (non-hydrogen) atoms. The van der Waals surface area contributed by atoms with Crippen LogP contribution in [0.1, 0.15) is 36.8 Å². The molecular formula is C17H26N2O2. The van der Waals surface area contributed by atoms with Gasteiger partial charge in [0.25, 0.3) is 0 Å². The van der Waals surface area contributed by atoms with Crippen LogP contribution >= 0.6 is 0 Å². The number of amides is 1. The molecule has 1 aliphatic carbocycles. The molecule has 0 radical (unpaired) electrons. The second kappa shape index (κ2) is 8.15. The van der Waals surface area contributed by atoms with Crippen LogP contribution in [0.25, 0.3) is 0 Å². The minimum atomic E-state index is 0.0400. The molecule has 2 unspecified atom stereocenters. The number of carbonyl (C=O) groups excluding carboxylic acids is 1. The van der Waals surface area contributed by atoms with Gasteiger partial charge < -0.3 is 16.2 Å². The van der Waals surface area contributed by atoms with Crippen molar-refractivity contribution >= 4 is 5.91 Å². The standard InChI is InChI=1S/C17H26N2O2/c18-10-14-6-2-1-5-13(14)9-17(21)19-11-15-7-3-4-8-16(15)12-20/h1-2,5-6,15-16,20H,3-4,7-12,18H2,(H,19,21). The quantitative estimate of drug-likeness (QED) is 0.745. The van der Waals surface area contributed by atoms with Gasteiger partial charge in [-0.1, -0.05) is 37.1 Å². The van der Waals surface area contributed by atoms with Crippen LogP contribution in [-0.4, -0.2) is 24.2 Å². The summed E-state index contributed by atoms with van der Waals surface area (Å²) in [5, 5.41) is 12.4. The molecule has 1 amide bonds. The van der Waals surface area contributed by atoms with Crippen molar-refractivity contribution in [1.29, 1.82) is 0 Å². The third kappa shape index (κ3) is 4.55. The monoisotopic (exact) mass is 290 g/mol. The molecule has 1 aromatic carbocycles. The number of aliphatic hydroxyl groups excluding tert-OH is 1. The van der Waals surface area contributed by atoms with Crippen LogP contribution in [0.15, 0.2) is 24.3 Å². The summed E-state index contributed by atoms with van der Waals surface area (Å²) in [6.07, 6.45) is 4.95. The van der Waals surface area contributed by atoms with Crippen LogP contribution in [0.4, 0.5) is 0 Å². The van der Waals surface area contributed by atoms with E-state index in [2.05, 4.69) is 5.32 Å². The van der Waals surface area contributed by atoms with Gasteiger partial charge >= 0.3 is 0 Å². The lowest BCUT2D eigenvalue weighted by Gasteiger charge is -2.30. The lowest BCUT2D eigenvalue weighted by Crippen LogP contribution is -2.36. The molecule has 4 heteroatoms. The predicted molar refractivity (Wildman–Crippen MR) is 83.6 cm³/mol. The van der Waals surface area contributed by atoms with E-state index in [-0.39, 0.29) is 12.5 Å². The maximum atomic E-state index is 12.1. The van der Waals surface area contributed by atoms with Gasteiger partial charge in [0.05, 0.1) is 6.42 Å². The second-order valence-corrected chi connectivity index (χ2v) is 5.94. The summed E-state index contributed by atoms with van der Waals surface area (Å²) >= 11 is 0. The summed E-state index contributed by atoms with van der Waals surface area (Å²) in [5.41, 5.74) is 7.72. The zero-order chi connectivity index (χ0) is 15.1. The molecule has 1 aromatic rings. The first-order valence-electron chi connectivity index (χ1n) is 7.89. The van der Waals surface area contributed by atoms with Crippen molar-refractivity contribution in [2.75, 3.05) is 13.2 Å². The number of hydrogen-bond donors (Lipinski definition) is 3. The van der Waals surface area contributed by atoms with Crippen molar-refractivity contribution in [1.82, 2.24) is 5.32 Å². The van der Waals surface area contributed by atoms with Crippen LogP contribution in [-0.2, 0) is 17.8 Å². The molecule has 2 atom stereocenters. The van der Waals surface area contributed by atoms with Gasteiger partial charge in [0.1, 0.15) is 0 Å². The van der Waals surface area contributed by atoms with Crippen molar-refractivity contribution in [3.8, 4) is 0 Å². The van der Waals surface area contributed by atoms with Crippen molar-refractivity contribution in [2.45, 2.75) is 38.6 Å². The predicted octanol–water partition coefficient (Wildman–Crippen LogP) is 1.60. The number of rotatable bonds is 6. The maximum absolute atomic E-state index is 12.1. The molecule has 0 saturated heterocycles. The molecule has 4 N–H and O–H groups in total. The molecule has 2 rings (SSSR count). The highest BCUT2D eigenvalue weighted by Gasteiger charge is 2.24. The Kier molecular flexibility index (Phi) is 6.21. The van der Waals surface area contributed by atoms with E-state index in [1.807, 2.05) is 24.3 Å². The van der Waals surface area contributed by atoms with Crippen molar-refractivity contribution in [3.63, 3.8) is 0 Å². The number of aliphatic hydroxyl groups is 1. The first-order chi connectivity index (χ1) is 10.2. The van der Waals surface area contributed by atoms with Gasteiger partial charge in [0, 0.05) is 19.7 Å². The second-order valence-electron chi connectivity index (χ2n) is 5.94. The molecule has 0 heterocycles. The topological polar surface area (TPSA) is 75.4 Å². The number of nitrogens with two attached hydrogens (primary N) is 1. The fourth-order valence-corrected chi connectivity index (χ4v) is 3.20. The molecule has 0 aromatic heterocycles. The van der Waals surface area contributed by atoms with Crippen molar-refractivity contribution in [2.24, 2.45) is 17.6 Å². The molecule has 0 aliphatic heterocycles. The largest absolute Gasteiger partial charge is 0.396 e. The Balaban J connectivity index is 1.84. The summed E-state index contributed by atoms with van der Waals surface area (Å²) in [5.74, 6) is 0.797. The summed E-state index contributed by atoms with van der Waals surface area (Å²) in [6, 6.07) is 7.80. The average Bonchev–Trinajstić information content (AvgIpc) is 2.53. The van der Waals surface area contributed by atoms with E-state index < -0.39 is 0 Å². The van der Waals surface area contributed by atoms with Gasteiger partial charge in [-0.05, 0) is 35.8 Å². The molecule has 1 saturated carbocycles. The SMILES string of the molecule is NCc1ccccc1CC(=O)NCC1CCCCC1CO. The van der Waals surface area contributed by atoms with Gasteiger partial charge in [-0.2, -0.15) is 0 Å². The zero-order valence-corrected chi connectivity index (χ0v) is 12.6. The molecule has 116 valence electrons. The Labute approximate surface area is 126 Å². The lowest BCUT2D eigenvalue weighted by atomic mass is 9.79.